The molecule has 10 heteroatoms. The maximum Gasteiger partial charge on any atom is 0.331 e. The van der Waals surface area contributed by atoms with Gasteiger partial charge in [-0.05, 0) is 115 Å². The second kappa shape index (κ2) is 18.8. The smallest absolute Gasteiger partial charge is 0.318 e. The van der Waals surface area contributed by atoms with Gasteiger partial charge in [-0.25, -0.2) is 14.4 Å². The monoisotopic (exact) mass is 796 g/mol. The number of fused-ring (bicyclic) bond motifs is 6. The van der Waals surface area contributed by atoms with Crippen molar-refractivity contribution < 1.29 is 28.9 Å². The Morgan fingerprint density at radius 3 is 1.53 bits per heavy atom. The molecule has 0 atom stereocenters. The van der Waals surface area contributed by atoms with Gasteiger partial charge in [0.1, 0.15) is 0 Å². The van der Waals surface area contributed by atoms with E-state index in [0.717, 1.165) is 95.6 Å². The van der Waals surface area contributed by atoms with E-state index in [2.05, 4.69) is 88.5 Å². The SMILES string of the molecule is CCCCCCC1(CCCCCC)c2cc(/C(C)=N/OC(C)=O)ccc2-c2cc3c4cc(/C(C)=N/OC(C)=O)ccc4n(-c4ccc(/C(C)=N\OC(C)=O)cc4)c3cc21. The highest BCUT2D eigenvalue weighted by Crippen LogP contribution is 2.56. The van der Waals surface area contributed by atoms with Crippen molar-refractivity contribution in [3.63, 3.8) is 0 Å². The summed E-state index contributed by atoms with van der Waals surface area (Å²) in [4.78, 5) is 49.9. The van der Waals surface area contributed by atoms with Crippen molar-refractivity contribution in [2.75, 3.05) is 0 Å². The van der Waals surface area contributed by atoms with Gasteiger partial charge in [-0.2, -0.15) is 0 Å². The van der Waals surface area contributed by atoms with Gasteiger partial charge in [-0.15, -0.1) is 0 Å². The normalized spacial score (nSPS) is 13.7. The maximum atomic E-state index is 11.7. The first-order valence-corrected chi connectivity index (χ1v) is 20.9. The van der Waals surface area contributed by atoms with E-state index < -0.39 is 17.9 Å². The van der Waals surface area contributed by atoms with Gasteiger partial charge < -0.3 is 19.1 Å². The van der Waals surface area contributed by atoms with Crippen LogP contribution in [-0.4, -0.2) is 39.6 Å². The number of benzene rings is 4. The summed E-state index contributed by atoms with van der Waals surface area (Å²) >= 11 is 0. The Bertz CT molecular complexity index is 2460. The minimum Gasteiger partial charge on any atom is -0.318 e. The van der Waals surface area contributed by atoms with Crippen LogP contribution in [0.4, 0.5) is 0 Å². The molecule has 59 heavy (non-hydrogen) atoms. The highest BCUT2D eigenvalue weighted by atomic mass is 16.7. The summed E-state index contributed by atoms with van der Waals surface area (Å²) in [5, 5.41) is 14.4. The highest BCUT2D eigenvalue weighted by molar-refractivity contribution is 6.14. The van der Waals surface area contributed by atoms with Crippen molar-refractivity contribution >= 4 is 56.8 Å². The molecule has 10 nitrogen and oxygen atoms in total. The summed E-state index contributed by atoms with van der Waals surface area (Å²) in [5.41, 5.74) is 12.4. The fraction of sp³-hybridized carbons (Fsp3) is 0.388. The first kappa shape index (κ1) is 42.7. The summed E-state index contributed by atoms with van der Waals surface area (Å²) in [6.07, 6.45) is 11.3. The molecule has 0 N–H and O–H groups in total. The molecule has 0 fully saturated rings. The van der Waals surface area contributed by atoms with E-state index >= 15 is 0 Å². The Balaban J connectivity index is 1.63. The van der Waals surface area contributed by atoms with Gasteiger partial charge in [0.15, 0.2) is 0 Å². The number of oxime groups is 3. The van der Waals surface area contributed by atoms with Gasteiger partial charge in [0.2, 0.25) is 0 Å². The minimum absolute atomic E-state index is 0.244. The lowest BCUT2D eigenvalue weighted by Crippen LogP contribution is -2.26. The quantitative estimate of drug-likeness (QED) is 0.0400. The van der Waals surface area contributed by atoms with Crippen LogP contribution in [0.1, 0.15) is 147 Å². The second-order valence-corrected chi connectivity index (χ2v) is 15.8. The molecule has 6 rings (SSSR count). The van der Waals surface area contributed by atoms with Crippen molar-refractivity contribution in [1.82, 2.24) is 4.57 Å². The third kappa shape index (κ3) is 9.22. The van der Waals surface area contributed by atoms with Crippen LogP contribution < -0.4 is 0 Å². The number of unbranched alkanes of at least 4 members (excludes halogenated alkanes) is 6. The van der Waals surface area contributed by atoms with E-state index in [1.807, 2.05) is 39.0 Å². The lowest BCUT2D eigenvalue weighted by atomic mass is 9.70. The molecule has 1 aliphatic carbocycles. The predicted molar refractivity (Wildman–Crippen MR) is 236 cm³/mol. The third-order valence-electron chi connectivity index (χ3n) is 11.5. The first-order chi connectivity index (χ1) is 28.4. The Morgan fingerprint density at radius 2 is 0.983 bits per heavy atom. The number of aromatic nitrogens is 1. The van der Waals surface area contributed by atoms with Crippen LogP contribution >= 0.6 is 0 Å². The summed E-state index contributed by atoms with van der Waals surface area (Å²) < 4.78 is 2.32. The van der Waals surface area contributed by atoms with E-state index in [4.69, 9.17) is 14.5 Å². The van der Waals surface area contributed by atoms with Gasteiger partial charge in [0, 0.05) is 42.6 Å². The number of carbonyl (C=O) groups is 3. The predicted octanol–water partition coefficient (Wildman–Crippen LogP) is 11.9. The maximum absolute atomic E-state index is 11.7. The van der Waals surface area contributed by atoms with E-state index in [1.165, 1.54) is 55.9 Å². The van der Waals surface area contributed by atoms with E-state index in [1.54, 1.807) is 0 Å². The summed E-state index contributed by atoms with van der Waals surface area (Å²) in [7, 11) is 0. The van der Waals surface area contributed by atoms with Gasteiger partial charge in [-0.1, -0.05) is 111 Å². The molecule has 0 radical (unpaired) electrons. The van der Waals surface area contributed by atoms with E-state index in [0.29, 0.717) is 17.1 Å². The van der Waals surface area contributed by atoms with Crippen LogP contribution in [0, 0.1) is 0 Å². The van der Waals surface area contributed by atoms with Crippen LogP contribution in [0.5, 0.6) is 0 Å². The lowest BCUT2D eigenvalue weighted by Gasteiger charge is -2.33. The molecule has 0 aliphatic heterocycles. The van der Waals surface area contributed by atoms with Crippen molar-refractivity contribution in [2.24, 2.45) is 15.5 Å². The number of rotatable bonds is 17. The van der Waals surface area contributed by atoms with Crippen LogP contribution in [0.15, 0.2) is 88.3 Å². The largest absolute Gasteiger partial charge is 0.331 e. The Labute approximate surface area is 347 Å². The van der Waals surface area contributed by atoms with Gasteiger partial charge >= 0.3 is 17.9 Å². The second-order valence-electron chi connectivity index (χ2n) is 15.8. The molecular weight excluding hydrogens is 741 g/mol. The van der Waals surface area contributed by atoms with E-state index in [-0.39, 0.29) is 5.41 Å². The Hall–Kier alpha value is -5.90. The number of carbonyl (C=O) groups excluding carboxylic acids is 3. The zero-order valence-corrected chi connectivity index (χ0v) is 35.7. The van der Waals surface area contributed by atoms with Gasteiger partial charge in [0.25, 0.3) is 0 Å². The average molecular weight is 797 g/mol. The van der Waals surface area contributed by atoms with E-state index in [9.17, 15) is 14.4 Å². The van der Waals surface area contributed by atoms with Crippen molar-refractivity contribution in [3.8, 4) is 16.8 Å². The molecule has 0 amide bonds. The lowest BCUT2D eigenvalue weighted by molar-refractivity contribution is -0.141. The molecule has 1 aliphatic rings. The molecule has 1 heterocycles. The molecular formula is C49H56N4O6. The summed E-state index contributed by atoms with van der Waals surface area (Å²) in [6.45, 7) is 14.1. The fourth-order valence-electron chi connectivity index (χ4n) is 8.51. The third-order valence-corrected chi connectivity index (χ3v) is 11.5. The van der Waals surface area contributed by atoms with Crippen molar-refractivity contribution in [2.45, 2.75) is 125 Å². The number of hydrogen-bond acceptors (Lipinski definition) is 9. The topological polar surface area (TPSA) is 121 Å². The van der Waals surface area contributed by atoms with Crippen LogP contribution in [-0.2, 0) is 34.3 Å². The minimum atomic E-state index is -0.475. The number of hydrogen-bond donors (Lipinski definition) is 0. The molecule has 0 spiro atoms. The van der Waals surface area contributed by atoms with Gasteiger partial charge in [0.05, 0.1) is 28.2 Å². The average Bonchev–Trinajstić information content (AvgIpc) is 3.68. The molecule has 0 unspecified atom stereocenters. The Morgan fingerprint density at radius 1 is 0.508 bits per heavy atom. The molecule has 308 valence electrons. The summed E-state index contributed by atoms with van der Waals surface area (Å²) in [5.74, 6) is -1.40. The molecule has 0 saturated heterocycles. The van der Waals surface area contributed by atoms with Gasteiger partial charge in [-0.3, -0.25) is 0 Å². The standard InChI is InChI=1S/C49H56N4O6/c1-9-11-13-15-25-49(26-16-14-12-10-2)45-28-39(33(5)52-59-36(8)56)19-23-41(45)42-29-44-43-27-38(32(4)51-58-35(7)55)20-24-47(43)53(48(44)30-46(42)49)40-21-17-37(18-22-40)31(3)50-57-34(6)54/h17-24,27-30H,9-16,25-26H2,1-8H3/b50-31-,51-32+,52-33+. The molecule has 1 aromatic heterocycles. The Kier molecular flexibility index (Phi) is 13.6. The van der Waals surface area contributed by atoms with Crippen LogP contribution in [0.25, 0.3) is 38.6 Å². The van der Waals surface area contributed by atoms with Crippen molar-refractivity contribution in [1.29, 1.82) is 0 Å². The molecule has 0 saturated carbocycles. The number of nitrogens with zero attached hydrogens (tertiary/aromatic N) is 4. The zero-order chi connectivity index (χ0) is 42.3. The first-order valence-electron chi connectivity index (χ1n) is 20.9. The fourth-order valence-corrected chi connectivity index (χ4v) is 8.51. The molecule has 5 aromatic rings. The summed E-state index contributed by atoms with van der Waals surface area (Å²) in [6, 6.07) is 25.8. The van der Waals surface area contributed by atoms with Crippen LogP contribution in [0.2, 0.25) is 0 Å². The highest BCUT2D eigenvalue weighted by Gasteiger charge is 2.43. The van der Waals surface area contributed by atoms with Crippen molar-refractivity contribution in [3.05, 3.63) is 101 Å². The molecule has 4 aromatic carbocycles. The zero-order valence-electron chi connectivity index (χ0n) is 35.7. The van der Waals surface area contributed by atoms with Crippen LogP contribution in [0.3, 0.4) is 0 Å². The molecule has 0 bridgehead atoms.